The predicted octanol–water partition coefficient (Wildman–Crippen LogP) is 1.43. The molecule has 3 aromatic heterocycles. The molecule has 0 saturated heterocycles. The number of pyridine rings is 1. The lowest BCUT2D eigenvalue weighted by Gasteiger charge is -2.20. The molecule has 0 spiro atoms. The lowest BCUT2D eigenvalue weighted by molar-refractivity contribution is 0.00446. The number of fused-ring (bicyclic) bond motifs is 1. The molecule has 0 bridgehead atoms. The largest absolute Gasteiger partial charge is 0.396 e. The highest BCUT2D eigenvalue weighted by molar-refractivity contribution is 7.21. The molecular weight excluding hydrogens is 404 g/mol. The maximum Gasteiger partial charge on any atom is 0.222 e. The molecule has 2 aliphatic rings. The zero-order chi connectivity index (χ0) is 21.0. The number of hydrogen-bond acceptors (Lipinski definition) is 10. The molecule has 30 heavy (non-hydrogen) atoms. The van der Waals surface area contributed by atoms with Crippen LogP contribution < -0.4 is 11.1 Å². The molecule has 9 nitrogen and oxygen atoms in total. The Bertz CT molecular complexity index is 1100. The summed E-state index contributed by atoms with van der Waals surface area (Å²) in [6.07, 6.45) is 2.58. The smallest absolute Gasteiger partial charge is 0.222 e. The van der Waals surface area contributed by atoms with Crippen LogP contribution in [0.3, 0.4) is 0 Å². The number of thiazole rings is 1. The van der Waals surface area contributed by atoms with E-state index in [1.807, 2.05) is 13.1 Å². The quantitative estimate of drug-likeness (QED) is 0.406. The van der Waals surface area contributed by atoms with Gasteiger partial charge in [-0.3, -0.25) is 4.98 Å². The second-order valence-corrected chi connectivity index (χ2v) is 9.20. The van der Waals surface area contributed by atoms with Crippen molar-refractivity contribution in [1.29, 1.82) is 0 Å². The molecule has 0 radical (unpaired) electrons. The molecule has 4 atom stereocenters. The van der Waals surface area contributed by atoms with Crippen LogP contribution in [0.2, 0.25) is 0 Å². The minimum atomic E-state index is -1.02. The zero-order valence-corrected chi connectivity index (χ0v) is 17.3. The van der Waals surface area contributed by atoms with Gasteiger partial charge in [0, 0.05) is 24.1 Å². The molecule has 5 rings (SSSR count). The molecule has 0 amide bonds. The summed E-state index contributed by atoms with van der Waals surface area (Å²) in [6.45, 7) is 1.65. The van der Waals surface area contributed by atoms with Gasteiger partial charge < -0.3 is 26.4 Å². The van der Waals surface area contributed by atoms with E-state index in [1.165, 1.54) is 12.8 Å². The van der Waals surface area contributed by atoms with Crippen molar-refractivity contribution in [1.82, 2.24) is 19.9 Å². The Hall–Kier alpha value is -2.40. The van der Waals surface area contributed by atoms with E-state index in [-0.39, 0.29) is 12.6 Å². The molecule has 6 N–H and O–H groups in total. The first-order valence-corrected chi connectivity index (χ1v) is 10.9. The Labute approximate surface area is 177 Å². The van der Waals surface area contributed by atoms with Crippen molar-refractivity contribution in [2.75, 3.05) is 17.7 Å². The zero-order valence-electron chi connectivity index (χ0n) is 16.5. The highest BCUT2D eigenvalue weighted by Gasteiger charge is 2.41. The minimum absolute atomic E-state index is 0.115. The molecule has 3 heterocycles. The molecule has 2 saturated carbocycles. The summed E-state index contributed by atoms with van der Waals surface area (Å²) in [7, 11) is 0. The Morgan fingerprint density at radius 1 is 1.20 bits per heavy atom. The van der Waals surface area contributed by atoms with Crippen molar-refractivity contribution in [3.63, 3.8) is 0 Å². The Balaban J connectivity index is 1.53. The Morgan fingerprint density at radius 2 is 2.00 bits per heavy atom. The van der Waals surface area contributed by atoms with Crippen LogP contribution in [0.25, 0.3) is 20.8 Å². The number of nitrogens with one attached hydrogen (secondary N) is 1. The molecule has 158 valence electrons. The lowest BCUT2D eigenvalue weighted by Crippen LogP contribution is -2.35. The third-order valence-electron chi connectivity index (χ3n) is 5.97. The van der Waals surface area contributed by atoms with Crippen LogP contribution in [-0.4, -0.2) is 60.1 Å². The van der Waals surface area contributed by atoms with E-state index in [9.17, 15) is 15.3 Å². The third kappa shape index (κ3) is 3.39. The summed E-state index contributed by atoms with van der Waals surface area (Å²) < 4.78 is 1.06. The van der Waals surface area contributed by atoms with E-state index < -0.39 is 24.2 Å². The van der Waals surface area contributed by atoms with Crippen LogP contribution in [0.5, 0.6) is 0 Å². The van der Waals surface area contributed by atoms with Gasteiger partial charge in [0.1, 0.15) is 22.4 Å². The van der Waals surface area contributed by atoms with Crippen molar-refractivity contribution < 1.29 is 15.3 Å². The van der Waals surface area contributed by atoms with Crippen molar-refractivity contribution in [3.8, 4) is 10.6 Å². The highest BCUT2D eigenvalue weighted by Crippen LogP contribution is 2.42. The fraction of sp³-hybridized carbons (Fsp3) is 0.500. The average Bonchev–Trinajstić information content (AvgIpc) is 3.42. The number of aromatic nitrogens is 4. The number of aryl methyl sites for hydroxylation is 1. The van der Waals surface area contributed by atoms with E-state index >= 15 is 0 Å². The van der Waals surface area contributed by atoms with Gasteiger partial charge in [-0.15, -0.1) is 11.3 Å². The van der Waals surface area contributed by atoms with Gasteiger partial charge in [0.2, 0.25) is 5.95 Å². The molecular formula is C20H24N6O3S. The van der Waals surface area contributed by atoms with Gasteiger partial charge >= 0.3 is 0 Å². The summed E-state index contributed by atoms with van der Waals surface area (Å²) in [6, 6.07) is 1.64. The van der Waals surface area contributed by atoms with Gasteiger partial charge in [-0.2, -0.15) is 4.98 Å². The first kappa shape index (κ1) is 19.6. The van der Waals surface area contributed by atoms with Gasteiger partial charge in [0.25, 0.3) is 0 Å². The topological polar surface area (TPSA) is 150 Å². The van der Waals surface area contributed by atoms with E-state index in [0.717, 1.165) is 20.9 Å². The van der Waals surface area contributed by atoms with Gasteiger partial charge in [-0.1, -0.05) is 0 Å². The normalized spacial score (nSPS) is 26.4. The number of rotatable bonds is 5. The van der Waals surface area contributed by atoms with E-state index in [2.05, 4.69) is 26.3 Å². The SMILES string of the molecule is Cc1nc(N)nc(NC2CC(CO)C(O)C2O)c1-c1nc2cnc(C3CC3)cc2s1. The standard InChI is InChI=1S/C20H24N6O3S/c1-8-15(19-25-13-6-22-11(9-2-3-9)5-14(13)30-19)18(26-20(21)23-8)24-12-4-10(7-27)16(28)17(12)29/h5-6,9-10,12,16-17,27-29H,2-4,7H2,1H3,(H3,21,23,24,26). The third-order valence-corrected chi connectivity index (χ3v) is 7.01. The van der Waals surface area contributed by atoms with Gasteiger partial charge in [-0.05, 0) is 32.3 Å². The van der Waals surface area contributed by atoms with Crippen LogP contribution >= 0.6 is 11.3 Å². The fourth-order valence-corrected chi connectivity index (χ4v) is 5.22. The van der Waals surface area contributed by atoms with Crippen molar-refractivity contribution in [2.24, 2.45) is 5.92 Å². The van der Waals surface area contributed by atoms with Crippen LogP contribution in [0.1, 0.15) is 36.6 Å². The highest BCUT2D eigenvalue weighted by atomic mass is 32.1. The number of aliphatic hydroxyl groups excluding tert-OH is 3. The summed E-state index contributed by atoms with van der Waals surface area (Å²) in [5.74, 6) is 0.748. The van der Waals surface area contributed by atoms with Crippen molar-refractivity contribution >= 4 is 33.3 Å². The van der Waals surface area contributed by atoms with Gasteiger partial charge in [0.15, 0.2) is 0 Å². The van der Waals surface area contributed by atoms with E-state index in [4.69, 9.17) is 10.7 Å². The number of hydrogen-bond donors (Lipinski definition) is 5. The Morgan fingerprint density at radius 3 is 2.70 bits per heavy atom. The fourth-order valence-electron chi connectivity index (χ4n) is 4.14. The summed E-state index contributed by atoms with van der Waals surface area (Å²) >= 11 is 1.54. The molecule has 3 aromatic rings. The lowest BCUT2D eigenvalue weighted by atomic mass is 10.1. The number of nitrogens with zero attached hydrogens (tertiary/aromatic N) is 4. The minimum Gasteiger partial charge on any atom is -0.396 e. The molecule has 0 aromatic carbocycles. The van der Waals surface area contributed by atoms with Crippen LogP contribution in [0, 0.1) is 12.8 Å². The molecule has 10 heteroatoms. The second-order valence-electron chi connectivity index (χ2n) is 8.17. The molecule has 0 aliphatic heterocycles. The van der Waals surface area contributed by atoms with Crippen molar-refractivity contribution in [2.45, 2.75) is 50.4 Å². The predicted molar refractivity (Wildman–Crippen MR) is 114 cm³/mol. The molecule has 2 aliphatic carbocycles. The van der Waals surface area contributed by atoms with Crippen LogP contribution in [0.15, 0.2) is 12.3 Å². The monoisotopic (exact) mass is 428 g/mol. The average molecular weight is 429 g/mol. The maximum atomic E-state index is 10.4. The van der Waals surface area contributed by atoms with E-state index in [1.54, 1.807) is 11.3 Å². The Kier molecular flexibility index (Phi) is 4.81. The number of anilines is 2. The van der Waals surface area contributed by atoms with Crippen LogP contribution in [0.4, 0.5) is 11.8 Å². The first-order valence-electron chi connectivity index (χ1n) is 10.1. The number of nitrogens with two attached hydrogens (primary N) is 1. The number of aliphatic hydroxyl groups is 3. The van der Waals surface area contributed by atoms with Crippen molar-refractivity contribution in [3.05, 3.63) is 23.7 Å². The number of nitrogen functional groups attached to an aromatic ring is 1. The summed E-state index contributed by atoms with van der Waals surface area (Å²) in [5, 5.41) is 34.0. The summed E-state index contributed by atoms with van der Waals surface area (Å²) in [5.41, 5.74) is 9.21. The van der Waals surface area contributed by atoms with E-state index in [0.29, 0.717) is 29.4 Å². The second kappa shape index (κ2) is 7.38. The molecule has 2 fully saturated rings. The van der Waals surface area contributed by atoms with Crippen LogP contribution in [-0.2, 0) is 0 Å². The maximum absolute atomic E-state index is 10.4. The van der Waals surface area contributed by atoms with Gasteiger partial charge in [-0.25, -0.2) is 9.97 Å². The summed E-state index contributed by atoms with van der Waals surface area (Å²) in [4.78, 5) is 17.9. The van der Waals surface area contributed by atoms with Gasteiger partial charge in [0.05, 0.1) is 34.3 Å². The first-order chi connectivity index (χ1) is 14.4. The molecule has 4 unspecified atom stereocenters.